The van der Waals surface area contributed by atoms with Crippen LogP contribution in [0.3, 0.4) is 0 Å². The van der Waals surface area contributed by atoms with E-state index in [9.17, 15) is 13.5 Å². The number of rotatable bonds is 4. The predicted octanol–water partition coefficient (Wildman–Crippen LogP) is 6.82. The molecule has 3 rings (SSSR count). The van der Waals surface area contributed by atoms with Crippen LogP contribution in [0.25, 0.3) is 22.2 Å². The van der Waals surface area contributed by atoms with Crippen LogP contribution in [0, 0.1) is 0 Å². The lowest BCUT2D eigenvalue weighted by molar-refractivity contribution is 0.0429. The summed E-state index contributed by atoms with van der Waals surface area (Å²) in [6.45, 7) is 10.0. The van der Waals surface area contributed by atoms with Crippen LogP contribution in [0.15, 0.2) is 30.6 Å². The lowest BCUT2D eigenvalue weighted by Gasteiger charge is -2.28. The summed E-state index contributed by atoms with van der Waals surface area (Å²) in [4.78, 5) is 35.1. The molecule has 0 unspecified atom stereocenters. The van der Waals surface area contributed by atoms with Crippen LogP contribution in [0.1, 0.15) is 41.5 Å². The summed E-state index contributed by atoms with van der Waals surface area (Å²) in [6.07, 6.45) is 1.01. The maximum Gasteiger partial charge on any atom is 0.425 e. The molecule has 3 heterocycles. The van der Waals surface area contributed by atoms with Crippen molar-refractivity contribution in [2.24, 2.45) is 0 Å². The van der Waals surface area contributed by atoms with E-state index < -0.39 is 23.4 Å². The number of imide groups is 1. The van der Waals surface area contributed by atoms with E-state index in [2.05, 4.69) is 9.97 Å². The lowest BCUT2D eigenvalue weighted by atomic mass is 10.1. The van der Waals surface area contributed by atoms with Gasteiger partial charge in [-0.25, -0.2) is 23.5 Å². The van der Waals surface area contributed by atoms with E-state index in [4.69, 9.17) is 25.8 Å². The van der Waals surface area contributed by atoms with E-state index in [-0.39, 0.29) is 29.1 Å². The zero-order chi connectivity index (χ0) is 26.1. The third-order valence-corrected chi connectivity index (χ3v) is 5.04. The number of nitrogens with zero attached hydrogens (tertiary/aromatic N) is 4. The summed E-state index contributed by atoms with van der Waals surface area (Å²) in [5.41, 5.74) is -0.392. The Morgan fingerprint density at radius 1 is 1.06 bits per heavy atom. The molecule has 0 N–H and O–H groups in total. The van der Waals surface area contributed by atoms with E-state index in [0.717, 1.165) is 0 Å². The first-order chi connectivity index (χ1) is 16.2. The van der Waals surface area contributed by atoms with Crippen LogP contribution >= 0.6 is 23.9 Å². The smallest absolute Gasteiger partial charge is 0.425 e. The highest BCUT2D eigenvalue weighted by atomic mass is 35.5. The Morgan fingerprint density at radius 2 is 1.66 bits per heavy atom. The number of carbonyl (C=O) groups excluding carboxylic acids is 2. The van der Waals surface area contributed by atoms with Crippen LogP contribution in [-0.2, 0) is 9.47 Å². The van der Waals surface area contributed by atoms with Gasteiger partial charge < -0.3 is 14.2 Å². The summed E-state index contributed by atoms with van der Waals surface area (Å²) in [6, 6.07) is 4.69. The first-order valence-corrected chi connectivity index (χ1v) is 11.6. The second kappa shape index (κ2) is 9.90. The number of pyridine rings is 2. The van der Waals surface area contributed by atoms with Crippen molar-refractivity contribution < 1.29 is 27.7 Å². The highest BCUT2D eigenvalue weighted by Gasteiger charge is 2.34. The number of carbonyl (C=O) groups is 2. The Hall–Kier alpha value is -3.05. The number of fused-ring (bicyclic) bond motifs is 1. The summed E-state index contributed by atoms with van der Waals surface area (Å²) >= 11 is 5.95. The molecule has 3 aromatic rings. The number of halogens is 2. The average molecular weight is 525 g/mol. The molecule has 0 aromatic carbocycles. The molecule has 12 heteroatoms. The first kappa shape index (κ1) is 26.6. The number of hydrogen-bond acceptors (Lipinski definition) is 8. The third-order valence-electron chi connectivity index (χ3n) is 4.40. The molecule has 0 fully saturated rings. The van der Waals surface area contributed by atoms with Crippen LogP contribution in [-0.4, -0.2) is 44.4 Å². The number of methoxy groups -OCH3 is 1. The number of aromatic nitrogens is 3. The number of amides is 2. The van der Waals surface area contributed by atoms with Crippen molar-refractivity contribution in [3.63, 3.8) is 0 Å². The highest BCUT2D eigenvalue weighted by molar-refractivity contribution is 7.92. The van der Waals surface area contributed by atoms with Gasteiger partial charge >= 0.3 is 12.2 Å². The van der Waals surface area contributed by atoms with Gasteiger partial charge in [0.05, 0.1) is 7.11 Å². The zero-order valence-corrected chi connectivity index (χ0v) is 22.0. The minimum Gasteiger partial charge on any atom is -0.496 e. The van der Waals surface area contributed by atoms with Crippen LogP contribution in [0.5, 0.6) is 5.75 Å². The Morgan fingerprint density at radius 3 is 2.17 bits per heavy atom. The fourth-order valence-corrected chi connectivity index (χ4v) is 3.61. The monoisotopic (exact) mass is 524 g/mol. The van der Waals surface area contributed by atoms with Crippen molar-refractivity contribution >= 4 is 53.0 Å². The molecule has 188 valence electrons. The molecule has 3 aromatic heterocycles. The quantitative estimate of drug-likeness (QED) is 0.343. The van der Waals surface area contributed by atoms with Crippen molar-refractivity contribution in [3.8, 4) is 16.9 Å². The van der Waals surface area contributed by atoms with Gasteiger partial charge in [0.25, 0.3) is 0 Å². The number of anilines is 1. The topological polar surface area (TPSA) is 95.8 Å². The second-order valence-electron chi connectivity index (χ2n) is 9.48. The Bertz CT molecular complexity index is 1240. The van der Waals surface area contributed by atoms with E-state index in [1.54, 1.807) is 53.7 Å². The minimum atomic E-state index is -0.960. The SMILES string of the molecule is COc1cc(N(C(=O)OC(C)(C)C)C(=O)OC(C)(C)C)ncc1-c1cn(SF)c2nc(Cl)ccc12. The van der Waals surface area contributed by atoms with Gasteiger partial charge in [-0.2, -0.15) is 4.90 Å². The molecular weight excluding hydrogens is 499 g/mol. The number of ether oxygens (including phenoxy) is 3. The van der Waals surface area contributed by atoms with E-state index in [0.29, 0.717) is 27.1 Å². The molecule has 0 aliphatic carbocycles. The Labute approximate surface area is 211 Å². The molecular formula is C23H26ClFN4O5S. The molecule has 2 amide bonds. The summed E-state index contributed by atoms with van der Waals surface area (Å²) in [5.74, 6) is 0.198. The van der Waals surface area contributed by atoms with Crippen molar-refractivity contribution in [2.45, 2.75) is 52.7 Å². The fourth-order valence-electron chi connectivity index (χ4n) is 3.12. The molecule has 0 atom stereocenters. The minimum absolute atomic E-state index is 0.0340. The standard InChI is InChI=1S/C23H26ClFN4O5S/c1-22(2,3)33-20(30)29(21(31)34-23(4,5)6)18-10-16(32-7)14(11-26-18)15-12-28(35-25)19-13(15)8-9-17(24)27-19/h8-12H,1-7H3. The number of hydrogen-bond donors (Lipinski definition) is 0. The maximum atomic E-state index is 13.6. The summed E-state index contributed by atoms with van der Waals surface area (Å²) < 4.78 is 31.1. The fraction of sp³-hybridized carbons (Fsp3) is 0.391. The van der Waals surface area contributed by atoms with Crippen LogP contribution < -0.4 is 9.64 Å². The molecule has 0 bridgehead atoms. The van der Waals surface area contributed by atoms with Gasteiger partial charge in [0.15, 0.2) is 23.8 Å². The molecule has 0 aliphatic rings. The van der Waals surface area contributed by atoms with Gasteiger partial charge in [-0.15, -0.1) is 3.89 Å². The normalized spacial score (nSPS) is 11.9. The Balaban J connectivity index is 2.13. The van der Waals surface area contributed by atoms with Crippen molar-refractivity contribution in [2.75, 3.05) is 12.0 Å². The van der Waals surface area contributed by atoms with Crippen molar-refractivity contribution in [3.05, 3.63) is 35.7 Å². The molecule has 9 nitrogen and oxygen atoms in total. The van der Waals surface area contributed by atoms with Gasteiger partial charge in [-0.05, 0) is 53.7 Å². The average Bonchev–Trinajstić information content (AvgIpc) is 3.08. The Kier molecular flexibility index (Phi) is 7.51. The molecule has 0 spiro atoms. The van der Waals surface area contributed by atoms with Gasteiger partial charge in [0, 0.05) is 35.0 Å². The highest BCUT2D eigenvalue weighted by Crippen LogP contribution is 2.39. The van der Waals surface area contributed by atoms with Gasteiger partial charge in [-0.3, -0.25) is 0 Å². The molecule has 0 saturated heterocycles. The summed E-state index contributed by atoms with van der Waals surface area (Å²) in [7, 11) is 1.42. The third kappa shape index (κ3) is 6.15. The molecule has 35 heavy (non-hydrogen) atoms. The largest absolute Gasteiger partial charge is 0.496 e. The molecule has 0 saturated carbocycles. The lowest BCUT2D eigenvalue weighted by Crippen LogP contribution is -2.44. The van der Waals surface area contributed by atoms with Gasteiger partial charge in [-0.1, -0.05) is 11.6 Å². The van der Waals surface area contributed by atoms with Crippen molar-refractivity contribution in [1.29, 1.82) is 0 Å². The van der Waals surface area contributed by atoms with E-state index >= 15 is 0 Å². The molecule has 0 aliphatic heterocycles. The van der Waals surface area contributed by atoms with E-state index in [1.165, 1.54) is 29.5 Å². The summed E-state index contributed by atoms with van der Waals surface area (Å²) in [5, 5.41) is 0.812. The second-order valence-corrected chi connectivity index (χ2v) is 10.4. The van der Waals surface area contributed by atoms with Gasteiger partial charge in [0.1, 0.15) is 22.1 Å². The predicted molar refractivity (Wildman–Crippen MR) is 134 cm³/mol. The van der Waals surface area contributed by atoms with E-state index in [1.807, 2.05) is 0 Å². The van der Waals surface area contributed by atoms with Crippen LogP contribution in [0.2, 0.25) is 5.15 Å². The molecule has 0 radical (unpaired) electrons. The van der Waals surface area contributed by atoms with Crippen molar-refractivity contribution in [1.82, 2.24) is 13.9 Å². The van der Waals surface area contributed by atoms with Gasteiger partial charge in [0.2, 0.25) is 0 Å². The first-order valence-electron chi connectivity index (χ1n) is 10.5. The van der Waals surface area contributed by atoms with Crippen LogP contribution in [0.4, 0.5) is 19.3 Å². The maximum absolute atomic E-state index is 13.6. The zero-order valence-electron chi connectivity index (χ0n) is 20.4.